The van der Waals surface area contributed by atoms with Gasteiger partial charge in [-0.25, -0.2) is 0 Å². The van der Waals surface area contributed by atoms with E-state index in [1.165, 1.54) is 12.1 Å². The SMILES string of the molecule is COc1ccc(CCC(=O)NCC(c2ccc(C(F)(F)F)cc2)N2CCOCC2)cc1OC. The number of alkyl halides is 3. The molecule has 0 spiro atoms. The summed E-state index contributed by atoms with van der Waals surface area (Å²) in [5.41, 5.74) is 0.978. The lowest BCUT2D eigenvalue weighted by Crippen LogP contribution is -2.43. The van der Waals surface area contributed by atoms with Crippen molar-refractivity contribution < 1.29 is 32.2 Å². The van der Waals surface area contributed by atoms with Crippen LogP contribution >= 0.6 is 0 Å². The summed E-state index contributed by atoms with van der Waals surface area (Å²) in [5, 5.41) is 2.95. The molecule has 180 valence electrons. The minimum atomic E-state index is -4.38. The van der Waals surface area contributed by atoms with Crippen molar-refractivity contribution in [1.82, 2.24) is 10.2 Å². The van der Waals surface area contributed by atoms with Crippen molar-refractivity contribution in [2.45, 2.75) is 25.1 Å². The summed E-state index contributed by atoms with van der Waals surface area (Å²) in [5.74, 6) is 1.09. The first-order valence-corrected chi connectivity index (χ1v) is 10.8. The minimum absolute atomic E-state index is 0.130. The van der Waals surface area contributed by atoms with Crippen LogP contribution in [-0.4, -0.2) is 57.9 Å². The third-order valence-corrected chi connectivity index (χ3v) is 5.69. The largest absolute Gasteiger partial charge is 0.493 e. The molecule has 0 aliphatic carbocycles. The van der Waals surface area contributed by atoms with Crippen LogP contribution in [0.3, 0.4) is 0 Å². The molecular formula is C24H29F3N2O4. The number of halogens is 3. The van der Waals surface area contributed by atoms with Crippen LogP contribution in [0.2, 0.25) is 0 Å². The molecule has 1 saturated heterocycles. The van der Waals surface area contributed by atoms with E-state index in [0.717, 1.165) is 23.3 Å². The molecule has 0 aromatic heterocycles. The molecule has 1 atom stereocenters. The number of ether oxygens (including phenoxy) is 3. The van der Waals surface area contributed by atoms with Crippen LogP contribution in [0.5, 0.6) is 11.5 Å². The van der Waals surface area contributed by atoms with Crippen molar-refractivity contribution in [3.63, 3.8) is 0 Å². The Labute approximate surface area is 191 Å². The molecule has 0 radical (unpaired) electrons. The first-order chi connectivity index (χ1) is 15.8. The molecule has 6 nitrogen and oxygen atoms in total. The summed E-state index contributed by atoms with van der Waals surface area (Å²) < 4.78 is 54.8. The summed E-state index contributed by atoms with van der Waals surface area (Å²) in [4.78, 5) is 14.7. The number of amides is 1. The average molecular weight is 467 g/mol. The first-order valence-electron chi connectivity index (χ1n) is 10.8. The zero-order valence-electron chi connectivity index (χ0n) is 18.8. The smallest absolute Gasteiger partial charge is 0.416 e. The van der Waals surface area contributed by atoms with Crippen molar-refractivity contribution in [3.8, 4) is 11.5 Å². The summed E-state index contributed by atoms with van der Waals surface area (Å²) >= 11 is 0. The Morgan fingerprint density at radius 1 is 1.06 bits per heavy atom. The van der Waals surface area contributed by atoms with E-state index in [2.05, 4.69) is 10.2 Å². The van der Waals surface area contributed by atoms with Gasteiger partial charge in [-0.3, -0.25) is 9.69 Å². The minimum Gasteiger partial charge on any atom is -0.493 e. The fourth-order valence-corrected chi connectivity index (χ4v) is 3.83. The molecule has 1 unspecified atom stereocenters. The second kappa shape index (κ2) is 11.4. The van der Waals surface area contributed by atoms with E-state index in [0.29, 0.717) is 50.8 Å². The average Bonchev–Trinajstić information content (AvgIpc) is 2.83. The van der Waals surface area contributed by atoms with Gasteiger partial charge in [-0.1, -0.05) is 18.2 Å². The lowest BCUT2D eigenvalue weighted by Gasteiger charge is -2.35. The molecular weight excluding hydrogens is 437 g/mol. The molecule has 1 N–H and O–H groups in total. The Kier molecular flexibility index (Phi) is 8.57. The summed E-state index contributed by atoms with van der Waals surface area (Å²) in [6.07, 6.45) is -3.58. The lowest BCUT2D eigenvalue weighted by atomic mass is 10.0. The van der Waals surface area contributed by atoms with Crippen LogP contribution in [0.4, 0.5) is 13.2 Å². The van der Waals surface area contributed by atoms with E-state index in [-0.39, 0.29) is 18.4 Å². The Balaban J connectivity index is 1.62. The number of hydrogen-bond acceptors (Lipinski definition) is 5. The second-order valence-corrected chi connectivity index (χ2v) is 7.78. The van der Waals surface area contributed by atoms with Crippen molar-refractivity contribution in [1.29, 1.82) is 0 Å². The van der Waals surface area contributed by atoms with Gasteiger partial charge in [-0.2, -0.15) is 13.2 Å². The number of carbonyl (C=O) groups excluding carboxylic acids is 1. The fraction of sp³-hybridized carbons (Fsp3) is 0.458. The van der Waals surface area contributed by atoms with Gasteiger partial charge in [0.2, 0.25) is 5.91 Å². The molecule has 1 heterocycles. The Bertz CT molecular complexity index is 913. The number of hydrogen-bond donors (Lipinski definition) is 1. The molecule has 33 heavy (non-hydrogen) atoms. The Morgan fingerprint density at radius 3 is 2.33 bits per heavy atom. The normalized spacial score (nSPS) is 15.7. The molecule has 2 aromatic carbocycles. The van der Waals surface area contributed by atoms with Gasteiger partial charge in [-0.05, 0) is 41.8 Å². The maximum Gasteiger partial charge on any atom is 0.416 e. The topological polar surface area (TPSA) is 60.0 Å². The van der Waals surface area contributed by atoms with Crippen molar-refractivity contribution in [2.75, 3.05) is 47.1 Å². The van der Waals surface area contributed by atoms with E-state index in [1.54, 1.807) is 20.3 Å². The fourth-order valence-electron chi connectivity index (χ4n) is 3.83. The zero-order valence-corrected chi connectivity index (χ0v) is 18.8. The third-order valence-electron chi connectivity index (χ3n) is 5.69. The van der Waals surface area contributed by atoms with E-state index in [1.807, 2.05) is 12.1 Å². The zero-order chi connectivity index (χ0) is 23.8. The number of nitrogens with zero attached hydrogens (tertiary/aromatic N) is 1. The predicted octanol–water partition coefficient (Wildman–Crippen LogP) is 3.84. The molecule has 1 aliphatic rings. The van der Waals surface area contributed by atoms with Crippen molar-refractivity contribution in [2.24, 2.45) is 0 Å². The van der Waals surface area contributed by atoms with E-state index in [4.69, 9.17) is 14.2 Å². The summed E-state index contributed by atoms with van der Waals surface area (Å²) in [6, 6.07) is 10.4. The monoisotopic (exact) mass is 466 g/mol. The number of rotatable bonds is 9. The Hall–Kier alpha value is -2.78. The highest BCUT2D eigenvalue weighted by Gasteiger charge is 2.31. The number of methoxy groups -OCH3 is 2. The van der Waals surface area contributed by atoms with E-state index in [9.17, 15) is 18.0 Å². The highest BCUT2D eigenvalue weighted by Crippen LogP contribution is 2.31. The van der Waals surface area contributed by atoms with Crippen LogP contribution in [0, 0.1) is 0 Å². The molecule has 1 aliphatic heterocycles. The standard InChI is InChI=1S/C24H29F3N2O4/c1-31-21-9-3-17(15-22(21)32-2)4-10-23(30)28-16-20(29-11-13-33-14-12-29)18-5-7-19(8-6-18)24(25,26)27/h3,5-9,15,20H,4,10-14,16H2,1-2H3,(H,28,30). The van der Waals surface area contributed by atoms with Gasteiger partial charge in [0, 0.05) is 26.1 Å². The highest BCUT2D eigenvalue weighted by atomic mass is 19.4. The van der Waals surface area contributed by atoms with Crippen LogP contribution in [0.25, 0.3) is 0 Å². The molecule has 1 fully saturated rings. The Morgan fingerprint density at radius 2 is 1.73 bits per heavy atom. The van der Waals surface area contributed by atoms with Gasteiger partial charge in [0.1, 0.15) is 0 Å². The molecule has 9 heteroatoms. The van der Waals surface area contributed by atoms with Crippen LogP contribution in [0.1, 0.15) is 29.2 Å². The summed E-state index contributed by atoms with van der Waals surface area (Å²) in [7, 11) is 3.12. The molecule has 0 bridgehead atoms. The number of morpholine rings is 1. The van der Waals surface area contributed by atoms with Gasteiger partial charge in [0.25, 0.3) is 0 Å². The second-order valence-electron chi connectivity index (χ2n) is 7.78. The van der Waals surface area contributed by atoms with E-state index >= 15 is 0 Å². The number of nitrogens with one attached hydrogen (secondary N) is 1. The van der Waals surface area contributed by atoms with Gasteiger partial charge in [0.15, 0.2) is 11.5 Å². The van der Waals surface area contributed by atoms with E-state index < -0.39 is 11.7 Å². The van der Waals surface area contributed by atoms with Gasteiger partial charge < -0.3 is 19.5 Å². The van der Waals surface area contributed by atoms with Crippen LogP contribution in [-0.2, 0) is 22.1 Å². The number of aryl methyl sites for hydroxylation is 1. The van der Waals surface area contributed by atoms with Gasteiger partial charge in [0.05, 0.1) is 39.0 Å². The molecule has 2 aromatic rings. The maximum atomic E-state index is 12.9. The number of benzene rings is 2. The van der Waals surface area contributed by atoms with Crippen molar-refractivity contribution >= 4 is 5.91 Å². The molecule has 0 saturated carbocycles. The molecule has 1 amide bonds. The lowest BCUT2D eigenvalue weighted by molar-refractivity contribution is -0.137. The third kappa shape index (κ3) is 6.85. The van der Waals surface area contributed by atoms with Crippen molar-refractivity contribution in [3.05, 3.63) is 59.2 Å². The first kappa shape index (κ1) is 24.9. The highest BCUT2D eigenvalue weighted by molar-refractivity contribution is 5.76. The maximum absolute atomic E-state index is 12.9. The van der Waals surface area contributed by atoms with Gasteiger partial charge >= 0.3 is 6.18 Å². The van der Waals surface area contributed by atoms with Crippen LogP contribution in [0.15, 0.2) is 42.5 Å². The quantitative estimate of drug-likeness (QED) is 0.609. The van der Waals surface area contributed by atoms with Crippen LogP contribution < -0.4 is 14.8 Å². The van der Waals surface area contributed by atoms with Gasteiger partial charge in [-0.15, -0.1) is 0 Å². The number of carbonyl (C=O) groups is 1. The predicted molar refractivity (Wildman–Crippen MR) is 117 cm³/mol. The molecule has 3 rings (SSSR count). The summed E-state index contributed by atoms with van der Waals surface area (Å²) in [6.45, 7) is 2.69.